The molecule has 1 aromatic rings. The molecule has 0 heterocycles. The monoisotopic (exact) mass is 266 g/mol. The van der Waals surface area contributed by atoms with Crippen LogP contribution in [0, 0.1) is 0 Å². The van der Waals surface area contributed by atoms with Crippen molar-refractivity contribution in [3.05, 3.63) is 30.3 Å². The second-order valence-corrected chi connectivity index (χ2v) is 4.68. The second kappa shape index (κ2) is 8.89. The van der Waals surface area contributed by atoms with Crippen LogP contribution in [0.1, 0.15) is 19.8 Å². The Hall–Kier alpha value is -1.13. The van der Waals surface area contributed by atoms with Gasteiger partial charge in [-0.2, -0.15) is 0 Å². The van der Waals surface area contributed by atoms with Crippen LogP contribution < -0.4 is 10.6 Å². The van der Waals surface area contributed by atoms with Crippen LogP contribution in [0.3, 0.4) is 0 Å². The molecule has 0 amide bonds. The van der Waals surface area contributed by atoms with Crippen LogP contribution >= 0.6 is 12.2 Å². The fourth-order valence-electron chi connectivity index (χ4n) is 1.68. The van der Waals surface area contributed by atoms with E-state index in [0.717, 1.165) is 39.1 Å². The summed E-state index contributed by atoms with van der Waals surface area (Å²) >= 11 is 4.94. The van der Waals surface area contributed by atoms with Crippen molar-refractivity contribution in [2.24, 2.45) is 5.73 Å². The molecule has 0 saturated heterocycles. The molecule has 3 nitrogen and oxygen atoms in total. The molecule has 18 heavy (non-hydrogen) atoms. The summed E-state index contributed by atoms with van der Waals surface area (Å²) in [4.78, 5) is 2.82. The molecule has 0 saturated carbocycles. The molecule has 0 radical (unpaired) electrons. The van der Waals surface area contributed by atoms with E-state index in [9.17, 15) is 0 Å². The van der Waals surface area contributed by atoms with Crippen LogP contribution in [0.2, 0.25) is 0 Å². The van der Waals surface area contributed by atoms with E-state index in [1.807, 2.05) is 18.2 Å². The van der Waals surface area contributed by atoms with Gasteiger partial charge in [-0.15, -0.1) is 0 Å². The van der Waals surface area contributed by atoms with Gasteiger partial charge in [-0.05, 0) is 18.6 Å². The van der Waals surface area contributed by atoms with Crippen molar-refractivity contribution in [1.82, 2.24) is 0 Å². The number of nitrogens with zero attached hydrogens (tertiary/aromatic N) is 1. The summed E-state index contributed by atoms with van der Waals surface area (Å²) in [6.07, 6.45) is 1.79. The molecule has 1 rings (SSSR count). The minimum Gasteiger partial charge on any atom is -0.393 e. The molecular weight excluding hydrogens is 244 g/mol. The van der Waals surface area contributed by atoms with E-state index in [4.69, 9.17) is 22.7 Å². The van der Waals surface area contributed by atoms with E-state index in [1.165, 1.54) is 5.69 Å². The van der Waals surface area contributed by atoms with Gasteiger partial charge in [0.05, 0.1) is 11.6 Å². The Bertz CT molecular complexity index is 343. The number of hydrogen-bond donors (Lipinski definition) is 1. The second-order valence-electron chi connectivity index (χ2n) is 4.15. The normalized spacial score (nSPS) is 10.3. The first-order valence-electron chi connectivity index (χ1n) is 6.40. The Kier molecular flexibility index (Phi) is 7.37. The van der Waals surface area contributed by atoms with Gasteiger partial charge in [-0.3, -0.25) is 0 Å². The fourth-order valence-corrected chi connectivity index (χ4v) is 1.77. The minimum atomic E-state index is 0.561. The third kappa shape index (κ3) is 5.98. The van der Waals surface area contributed by atoms with Gasteiger partial charge in [-0.25, -0.2) is 0 Å². The zero-order valence-electron chi connectivity index (χ0n) is 11.0. The molecule has 0 aliphatic carbocycles. The number of thiocarbonyl (C=S) groups is 1. The van der Waals surface area contributed by atoms with E-state index in [0.29, 0.717) is 4.99 Å². The zero-order chi connectivity index (χ0) is 13.2. The highest BCUT2D eigenvalue weighted by molar-refractivity contribution is 7.80. The average molecular weight is 266 g/mol. The summed E-state index contributed by atoms with van der Waals surface area (Å²) in [5.74, 6) is 0. The van der Waals surface area contributed by atoms with Crippen molar-refractivity contribution in [1.29, 1.82) is 0 Å². The van der Waals surface area contributed by atoms with Gasteiger partial charge in [0.1, 0.15) is 0 Å². The highest BCUT2D eigenvalue weighted by Crippen LogP contribution is 2.13. The lowest BCUT2D eigenvalue weighted by atomic mass is 10.2. The Morgan fingerprint density at radius 2 is 1.94 bits per heavy atom. The average Bonchev–Trinajstić information content (AvgIpc) is 2.38. The largest absolute Gasteiger partial charge is 0.393 e. The molecule has 0 aliphatic rings. The predicted octanol–water partition coefficient (Wildman–Crippen LogP) is 2.60. The number of benzene rings is 1. The van der Waals surface area contributed by atoms with Crippen LogP contribution in [0.15, 0.2) is 30.3 Å². The predicted molar refractivity (Wildman–Crippen MR) is 81.2 cm³/mol. The maximum absolute atomic E-state index is 5.57. The quantitative estimate of drug-likeness (QED) is 0.551. The zero-order valence-corrected chi connectivity index (χ0v) is 11.8. The van der Waals surface area contributed by atoms with Crippen LogP contribution in [0.4, 0.5) is 5.69 Å². The first kappa shape index (κ1) is 14.9. The molecule has 0 spiro atoms. The molecule has 4 heteroatoms. The molecule has 0 aliphatic heterocycles. The number of hydrogen-bond acceptors (Lipinski definition) is 3. The maximum atomic E-state index is 5.57. The van der Waals surface area contributed by atoms with Gasteiger partial charge in [0.15, 0.2) is 0 Å². The number of ether oxygens (including phenoxy) is 1. The van der Waals surface area contributed by atoms with Crippen molar-refractivity contribution in [2.45, 2.75) is 19.8 Å². The summed E-state index contributed by atoms with van der Waals surface area (Å²) in [7, 11) is 0. The standard InChI is InChI=1S/C14H22N2OS/c1-2-11-17-12-10-16(9-8-14(15)18)13-6-4-3-5-7-13/h3-7H,2,8-12H2,1H3,(H2,15,18). The Morgan fingerprint density at radius 3 is 2.56 bits per heavy atom. The third-order valence-corrected chi connectivity index (χ3v) is 2.81. The van der Waals surface area contributed by atoms with Gasteiger partial charge in [0.25, 0.3) is 0 Å². The summed E-state index contributed by atoms with van der Waals surface area (Å²) in [5.41, 5.74) is 6.76. The first-order chi connectivity index (χ1) is 8.74. The molecule has 2 N–H and O–H groups in total. The number of anilines is 1. The van der Waals surface area contributed by atoms with Crippen molar-refractivity contribution < 1.29 is 4.74 Å². The summed E-state index contributed by atoms with van der Waals surface area (Å²) < 4.78 is 5.54. The summed E-state index contributed by atoms with van der Waals surface area (Å²) in [5, 5.41) is 0. The van der Waals surface area contributed by atoms with Crippen molar-refractivity contribution in [2.75, 3.05) is 31.2 Å². The van der Waals surface area contributed by atoms with Crippen LogP contribution in [-0.2, 0) is 4.74 Å². The first-order valence-corrected chi connectivity index (χ1v) is 6.81. The highest BCUT2D eigenvalue weighted by atomic mass is 32.1. The summed E-state index contributed by atoms with van der Waals surface area (Å²) in [6.45, 7) is 5.38. The fraction of sp³-hybridized carbons (Fsp3) is 0.500. The van der Waals surface area contributed by atoms with Gasteiger partial charge in [0, 0.05) is 31.8 Å². The molecule has 0 atom stereocenters. The van der Waals surface area contributed by atoms with Crippen molar-refractivity contribution in [3.63, 3.8) is 0 Å². The summed E-state index contributed by atoms with van der Waals surface area (Å²) in [6, 6.07) is 10.3. The van der Waals surface area contributed by atoms with E-state index in [-0.39, 0.29) is 0 Å². The lowest BCUT2D eigenvalue weighted by molar-refractivity contribution is 0.141. The Morgan fingerprint density at radius 1 is 1.22 bits per heavy atom. The third-order valence-electron chi connectivity index (χ3n) is 2.60. The molecule has 0 unspecified atom stereocenters. The van der Waals surface area contributed by atoms with Crippen LogP contribution in [0.25, 0.3) is 0 Å². The molecule has 0 fully saturated rings. The number of nitrogens with two attached hydrogens (primary N) is 1. The van der Waals surface area contributed by atoms with Gasteiger partial charge >= 0.3 is 0 Å². The van der Waals surface area contributed by atoms with Gasteiger partial charge in [0.2, 0.25) is 0 Å². The van der Waals surface area contributed by atoms with Crippen LogP contribution in [0.5, 0.6) is 0 Å². The smallest absolute Gasteiger partial charge is 0.0745 e. The highest BCUT2D eigenvalue weighted by Gasteiger charge is 2.06. The lowest BCUT2D eigenvalue weighted by Crippen LogP contribution is -2.30. The molecule has 0 aromatic heterocycles. The van der Waals surface area contributed by atoms with Crippen molar-refractivity contribution >= 4 is 22.9 Å². The lowest BCUT2D eigenvalue weighted by Gasteiger charge is -2.24. The Labute approximate surface area is 115 Å². The SMILES string of the molecule is CCCOCCN(CCC(N)=S)c1ccccc1. The van der Waals surface area contributed by atoms with Gasteiger partial charge in [-0.1, -0.05) is 37.3 Å². The van der Waals surface area contributed by atoms with Crippen LogP contribution in [-0.4, -0.2) is 31.3 Å². The number of rotatable bonds is 9. The van der Waals surface area contributed by atoms with E-state index < -0.39 is 0 Å². The molecule has 100 valence electrons. The van der Waals surface area contributed by atoms with Gasteiger partial charge < -0.3 is 15.4 Å². The maximum Gasteiger partial charge on any atom is 0.0745 e. The molecule has 1 aromatic carbocycles. The molecule has 0 bridgehead atoms. The number of para-hydroxylation sites is 1. The molecular formula is C14H22N2OS. The van der Waals surface area contributed by atoms with E-state index >= 15 is 0 Å². The Balaban J connectivity index is 2.49. The van der Waals surface area contributed by atoms with E-state index in [2.05, 4.69) is 24.0 Å². The topological polar surface area (TPSA) is 38.5 Å². The van der Waals surface area contributed by atoms with E-state index in [1.54, 1.807) is 0 Å². The minimum absolute atomic E-state index is 0.561. The van der Waals surface area contributed by atoms with Crippen molar-refractivity contribution in [3.8, 4) is 0 Å².